The van der Waals surface area contributed by atoms with Crippen LogP contribution in [0.4, 0.5) is 0 Å². The summed E-state index contributed by atoms with van der Waals surface area (Å²) < 4.78 is 0. The zero-order chi connectivity index (χ0) is 16.1. The first-order chi connectivity index (χ1) is 10.7. The lowest BCUT2D eigenvalue weighted by Gasteiger charge is -2.21. The van der Waals surface area contributed by atoms with Crippen molar-refractivity contribution in [2.24, 2.45) is 11.8 Å². The Balaban J connectivity index is 0.000000847. The number of Topliss-reactive ketones (excluding diaryl/α,β-unsaturated/α-hetero) is 1. The largest absolute Gasteiger partial charge is 0.326 e. The van der Waals surface area contributed by atoms with Gasteiger partial charge in [0.05, 0.1) is 12.6 Å². The zero-order valence-electron chi connectivity index (χ0n) is 13.7. The van der Waals surface area contributed by atoms with E-state index in [1.807, 2.05) is 13.8 Å². The highest BCUT2D eigenvalue weighted by molar-refractivity contribution is 5.81. The zero-order valence-corrected chi connectivity index (χ0v) is 13.7. The summed E-state index contributed by atoms with van der Waals surface area (Å²) in [7, 11) is 0. The Kier molecular flexibility index (Phi) is 5.96. The Labute approximate surface area is 133 Å². The summed E-state index contributed by atoms with van der Waals surface area (Å²) in [6.07, 6.45) is 5.24. The second kappa shape index (κ2) is 7.73. The number of likely N-dealkylation sites (tertiary alicyclic amines) is 1. The van der Waals surface area contributed by atoms with Crippen LogP contribution in [-0.4, -0.2) is 41.8 Å². The van der Waals surface area contributed by atoms with E-state index in [2.05, 4.69) is 11.4 Å². The summed E-state index contributed by atoms with van der Waals surface area (Å²) in [5.41, 5.74) is 0. The molecule has 22 heavy (non-hydrogen) atoms. The molecule has 5 heteroatoms. The predicted octanol–water partition coefficient (Wildman–Crippen LogP) is 1.87. The third kappa shape index (κ3) is 3.67. The summed E-state index contributed by atoms with van der Waals surface area (Å²) in [4.78, 5) is 25.2. The molecule has 0 bridgehead atoms. The van der Waals surface area contributed by atoms with Crippen LogP contribution in [0.5, 0.6) is 0 Å². The molecule has 122 valence electrons. The highest BCUT2D eigenvalue weighted by Crippen LogP contribution is 2.42. The van der Waals surface area contributed by atoms with Crippen molar-refractivity contribution in [1.29, 1.82) is 5.26 Å². The van der Waals surface area contributed by atoms with Crippen molar-refractivity contribution in [3.8, 4) is 6.07 Å². The van der Waals surface area contributed by atoms with Gasteiger partial charge in [-0.15, -0.1) is 0 Å². The van der Waals surface area contributed by atoms with E-state index in [4.69, 9.17) is 5.26 Å². The highest BCUT2D eigenvalue weighted by atomic mass is 16.2. The molecule has 1 amide bonds. The Morgan fingerprint density at radius 3 is 2.55 bits per heavy atom. The van der Waals surface area contributed by atoms with Crippen LogP contribution in [0, 0.1) is 23.2 Å². The minimum Gasteiger partial charge on any atom is -0.326 e. The number of nitrogens with zero attached hydrogens (tertiary/aromatic N) is 2. The maximum atomic E-state index is 12.1. The van der Waals surface area contributed by atoms with E-state index in [0.29, 0.717) is 36.8 Å². The first-order valence-corrected chi connectivity index (χ1v) is 8.61. The van der Waals surface area contributed by atoms with Gasteiger partial charge in [0, 0.05) is 25.4 Å². The van der Waals surface area contributed by atoms with E-state index in [1.165, 1.54) is 0 Å². The number of rotatable bonds is 3. The molecule has 2 saturated carbocycles. The van der Waals surface area contributed by atoms with Crippen molar-refractivity contribution in [3.05, 3.63) is 0 Å². The molecular formula is C17H27N3O2. The Hall–Kier alpha value is -1.41. The van der Waals surface area contributed by atoms with Gasteiger partial charge in [-0.2, -0.15) is 5.26 Å². The molecule has 1 heterocycles. The number of nitriles is 1. The van der Waals surface area contributed by atoms with Gasteiger partial charge >= 0.3 is 0 Å². The number of hydrogen-bond donors (Lipinski definition) is 1. The van der Waals surface area contributed by atoms with Gasteiger partial charge in [-0.25, -0.2) is 0 Å². The second-order valence-electron chi connectivity index (χ2n) is 6.39. The van der Waals surface area contributed by atoms with E-state index < -0.39 is 0 Å². The molecular weight excluding hydrogens is 278 g/mol. The van der Waals surface area contributed by atoms with Crippen molar-refractivity contribution in [2.75, 3.05) is 13.1 Å². The van der Waals surface area contributed by atoms with Crippen LogP contribution in [0.15, 0.2) is 0 Å². The molecule has 0 radical (unpaired) electrons. The predicted molar refractivity (Wildman–Crippen MR) is 83.9 cm³/mol. The summed E-state index contributed by atoms with van der Waals surface area (Å²) in [6.45, 7) is 5.04. The van der Waals surface area contributed by atoms with Crippen molar-refractivity contribution in [1.82, 2.24) is 10.2 Å². The summed E-state index contributed by atoms with van der Waals surface area (Å²) in [6, 6.07) is 2.33. The van der Waals surface area contributed by atoms with E-state index in [9.17, 15) is 9.59 Å². The summed E-state index contributed by atoms with van der Waals surface area (Å²) in [5, 5.41) is 12.3. The fourth-order valence-electron chi connectivity index (χ4n) is 4.08. The van der Waals surface area contributed by atoms with E-state index in [-0.39, 0.29) is 11.9 Å². The molecule has 0 aromatic rings. The van der Waals surface area contributed by atoms with Crippen molar-refractivity contribution in [2.45, 2.75) is 64.5 Å². The lowest BCUT2D eigenvalue weighted by Crippen LogP contribution is -2.43. The summed E-state index contributed by atoms with van der Waals surface area (Å²) >= 11 is 0. The Morgan fingerprint density at radius 2 is 1.95 bits per heavy atom. The smallest absolute Gasteiger partial charge is 0.237 e. The number of fused-ring (bicyclic) bond motifs is 1. The number of nitrogens with one attached hydrogen (secondary N) is 1. The van der Waals surface area contributed by atoms with Crippen LogP contribution in [0.3, 0.4) is 0 Å². The topological polar surface area (TPSA) is 73.2 Å². The minimum absolute atomic E-state index is 0.0437. The molecule has 3 rings (SSSR count). The fourth-order valence-corrected chi connectivity index (χ4v) is 4.08. The first-order valence-electron chi connectivity index (χ1n) is 8.61. The van der Waals surface area contributed by atoms with Gasteiger partial charge in [0.15, 0.2) is 0 Å². The lowest BCUT2D eigenvalue weighted by molar-refractivity contribution is -0.130. The van der Waals surface area contributed by atoms with Gasteiger partial charge in [-0.1, -0.05) is 13.8 Å². The van der Waals surface area contributed by atoms with E-state index in [1.54, 1.807) is 4.90 Å². The maximum Gasteiger partial charge on any atom is 0.237 e. The van der Waals surface area contributed by atoms with Gasteiger partial charge in [-0.05, 0) is 37.5 Å². The molecule has 4 atom stereocenters. The van der Waals surface area contributed by atoms with Gasteiger partial charge in [0.2, 0.25) is 5.91 Å². The normalized spacial score (nSPS) is 33.1. The van der Waals surface area contributed by atoms with Crippen LogP contribution in [0.1, 0.15) is 52.4 Å². The summed E-state index contributed by atoms with van der Waals surface area (Å²) in [5.74, 6) is 1.52. The Morgan fingerprint density at radius 1 is 1.32 bits per heavy atom. The van der Waals surface area contributed by atoms with Crippen LogP contribution in [0.2, 0.25) is 0 Å². The Bertz CT molecular complexity index is 441. The number of hydrogen-bond acceptors (Lipinski definition) is 4. The molecule has 0 aromatic heterocycles. The molecule has 2 aliphatic carbocycles. The SMILES string of the molecule is CC.N#CC1CCCN1C(=O)CNC1C[C@H]2CC(=O)C[C@H]2C1. The second-order valence-corrected chi connectivity index (χ2v) is 6.39. The molecule has 2 unspecified atom stereocenters. The van der Waals surface area contributed by atoms with Gasteiger partial charge in [-0.3, -0.25) is 9.59 Å². The lowest BCUT2D eigenvalue weighted by atomic mass is 10.0. The molecule has 3 aliphatic rings. The minimum atomic E-state index is -0.232. The molecule has 3 fully saturated rings. The number of amides is 1. The maximum absolute atomic E-state index is 12.1. The standard InChI is InChI=1S/C15H21N3O2.C2H6/c16-8-13-2-1-3-18(13)15(20)9-17-12-4-10-6-14(19)7-11(10)5-12;1-2/h10-13,17H,1-7,9H2;1-2H3/t10-,11+,12?,13?;. The fraction of sp³-hybridized carbons (Fsp3) is 0.824. The van der Waals surface area contributed by atoms with Crippen molar-refractivity contribution >= 4 is 11.7 Å². The van der Waals surface area contributed by atoms with Gasteiger partial charge in [0.1, 0.15) is 11.8 Å². The number of carbonyl (C=O) groups excluding carboxylic acids is 2. The molecule has 1 saturated heterocycles. The van der Waals surface area contributed by atoms with Gasteiger partial charge in [0.25, 0.3) is 0 Å². The van der Waals surface area contributed by atoms with Crippen LogP contribution in [-0.2, 0) is 9.59 Å². The molecule has 1 aliphatic heterocycles. The van der Waals surface area contributed by atoms with Crippen LogP contribution < -0.4 is 5.32 Å². The average Bonchev–Trinajstić information content (AvgIpc) is 3.20. The van der Waals surface area contributed by atoms with Crippen molar-refractivity contribution < 1.29 is 9.59 Å². The third-order valence-electron chi connectivity index (χ3n) is 5.09. The van der Waals surface area contributed by atoms with E-state index in [0.717, 1.165) is 38.5 Å². The quantitative estimate of drug-likeness (QED) is 0.864. The molecule has 0 spiro atoms. The average molecular weight is 305 g/mol. The molecule has 1 N–H and O–H groups in total. The third-order valence-corrected chi connectivity index (χ3v) is 5.09. The number of carbonyl (C=O) groups is 2. The van der Waals surface area contributed by atoms with Gasteiger partial charge < -0.3 is 10.2 Å². The monoisotopic (exact) mass is 305 g/mol. The number of ketones is 1. The van der Waals surface area contributed by atoms with E-state index >= 15 is 0 Å². The van der Waals surface area contributed by atoms with Crippen LogP contribution in [0.25, 0.3) is 0 Å². The highest BCUT2D eigenvalue weighted by Gasteiger charge is 2.41. The van der Waals surface area contributed by atoms with Crippen molar-refractivity contribution in [3.63, 3.8) is 0 Å². The first kappa shape index (κ1) is 17.0. The molecule has 5 nitrogen and oxygen atoms in total. The molecule has 0 aromatic carbocycles. The van der Waals surface area contributed by atoms with Crippen LogP contribution >= 0.6 is 0 Å².